The van der Waals surface area contributed by atoms with Gasteiger partial charge in [0.2, 0.25) is 11.8 Å². The SMILES string of the molecule is O=C1CC2(CC[N-]C2)C(=O)N1.[K+]. The van der Waals surface area contributed by atoms with Crippen LogP contribution in [0.5, 0.6) is 0 Å². The van der Waals surface area contributed by atoms with Gasteiger partial charge in [-0.15, -0.1) is 13.1 Å². The molecule has 1 unspecified atom stereocenters. The second kappa shape index (κ2) is 3.85. The molecule has 5 heteroatoms. The fourth-order valence-electron chi connectivity index (χ4n) is 1.69. The minimum Gasteiger partial charge on any atom is -0.661 e. The van der Waals surface area contributed by atoms with Gasteiger partial charge in [0.1, 0.15) is 0 Å². The van der Waals surface area contributed by atoms with Gasteiger partial charge in [0.05, 0.1) is 0 Å². The zero-order valence-corrected chi connectivity index (χ0v) is 10.2. The molecule has 2 heterocycles. The average molecular weight is 192 g/mol. The predicted molar refractivity (Wildman–Crippen MR) is 37.9 cm³/mol. The van der Waals surface area contributed by atoms with E-state index >= 15 is 0 Å². The molecule has 0 saturated carbocycles. The minimum atomic E-state index is -0.447. The van der Waals surface area contributed by atoms with E-state index in [1.165, 1.54) is 0 Å². The van der Waals surface area contributed by atoms with Crippen LogP contribution in [0.3, 0.4) is 0 Å². The van der Waals surface area contributed by atoms with Crippen molar-refractivity contribution in [2.75, 3.05) is 13.1 Å². The molecule has 60 valence electrons. The third-order valence-corrected chi connectivity index (χ3v) is 2.40. The molecule has 1 spiro atoms. The molecule has 2 amide bonds. The van der Waals surface area contributed by atoms with Crippen LogP contribution < -0.4 is 56.7 Å². The fraction of sp³-hybridized carbons (Fsp3) is 0.714. The second-order valence-electron chi connectivity index (χ2n) is 3.19. The van der Waals surface area contributed by atoms with E-state index in [2.05, 4.69) is 10.6 Å². The normalized spacial score (nSPS) is 33.7. The van der Waals surface area contributed by atoms with Gasteiger partial charge in [-0.1, -0.05) is 6.42 Å². The van der Waals surface area contributed by atoms with Crippen molar-refractivity contribution >= 4 is 11.8 Å². The number of nitrogens with zero attached hydrogens (tertiary/aromatic N) is 1. The van der Waals surface area contributed by atoms with Crippen LogP contribution in [-0.2, 0) is 9.59 Å². The van der Waals surface area contributed by atoms with Crippen LogP contribution >= 0.6 is 0 Å². The summed E-state index contributed by atoms with van der Waals surface area (Å²) in [5, 5.41) is 6.40. The van der Waals surface area contributed by atoms with Crippen LogP contribution in [0.15, 0.2) is 0 Å². The standard InChI is InChI=1S/C7H9N2O2.K/c10-5-3-7(6(11)9-5)1-2-8-4-7;/h1-4H2,(H,9,10,11);/q-1;+1. The van der Waals surface area contributed by atoms with E-state index in [-0.39, 0.29) is 63.2 Å². The maximum Gasteiger partial charge on any atom is 1.00 e. The van der Waals surface area contributed by atoms with Crippen LogP contribution in [0.1, 0.15) is 12.8 Å². The van der Waals surface area contributed by atoms with Crippen LogP contribution in [0, 0.1) is 5.41 Å². The van der Waals surface area contributed by atoms with Gasteiger partial charge in [0.25, 0.3) is 0 Å². The van der Waals surface area contributed by atoms with Gasteiger partial charge >= 0.3 is 51.4 Å². The summed E-state index contributed by atoms with van der Waals surface area (Å²) < 4.78 is 0. The first-order chi connectivity index (χ1) is 5.23. The summed E-state index contributed by atoms with van der Waals surface area (Å²) >= 11 is 0. The van der Waals surface area contributed by atoms with E-state index in [1.807, 2.05) is 0 Å². The molecule has 1 N–H and O–H groups in total. The molecule has 0 bridgehead atoms. The summed E-state index contributed by atoms with van der Waals surface area (Å²) in [7, 11) is 0. The molecule has 0 aliphatic carbocycles. The first-order valence-corrected chi connectivity index (χ1v) is 3.70. The van der Waals surface area contributed by atoms with E-state index in [9.17, 15) is 9.59 Å². The second-order valence-corrected chi connectivity index (χ2v) is 3.19. The van der Waals surface area contributed by atoms with E-state index in [4.69, 9.17) is 0 Å². The molecule has 0 aromatic heterocycles. The van der Waals surface area contributed by atoms with Crippen molar-refractivity contribution in [2.45, 2.75) is 12.8 Å². The predicted octanol–water partition coefficient (Wildman–Crippen LogP) is -3.20. The van der Waals surface area contributed by atoms with Crippen molar-refractivity contribution < 1.29 is 61.0 Å². The van der Waals surface area contributed by atoms with Crippen molar-refractivity contribution in [2.24, 2.45) is 5.41 Å². The molecule has 0 aromatic rings. The first-order valence-electron chi connectivity index (χ1n) is 3.70. The molecule has 1 atom stereocenters. The Morgan fingerprint density at radius 1 is 1.42 bits per heavy atom. The molecular weight excluding hydrogens is 183 g/mol. The molecule has 2 rings (SSSR count). The monoisotopic (exact) mass is 192 g/mol. The Kier molecular flexibility index (Phi) is 3.47. The number of hydrogen-bond acceptors (Lipinski definition) is 2. The largest absolute Gasteiger partial charge is 1.00 e. The van der Waals surface area contributed by atoms with Crippen molar-refractivity contribution in [1.82, 2.24) is 5.32 Å². The van der Waals surface area contributed by atoms with Gasteiger partial charge in [-0.25, -0.2) is 0 Å². The molecule has 2 fully saturated rings. The Morgan fingerprint density at radius 3 is 2.58 bits per heavy atom. The van der Waals surface area contributed by atoms with Crippen molar-refractivity contribution in [1.29, 1.82) is 0 Å². The number of carbonyl (C=O) groups is 2. The fourth-order valence-corrected chi connectivity index (χ4v) is 1.69. The number of nitrogens with one attached hydrogen (secondary N) is 1. The van der Waals surface area contributed by atoms with E-state index in [0.717, 1.165) is 13.0 Å². The van der Waals surface area contributed by atoms with Crippen molar-refractivity contribution in [3.8, 4) is 0 Å². The van der Waals surface area contributed by atoms with Crippen molar-refractivity contribution in [3.05, 3.63) is 5.32 Å². The van der Waals surface area contributed by atoms with E-state index in [0.29, 0.717) is 13.0 Å². The third kappa shape index (κ3) is 1.66. The Bertz CT molecular complexity index is 223. The summed E-state index contributed by atoms with van der Waals surface area (Å²) in [6.07, 6.45) is 1.08. The molecule has 2 aliphatic rings. The number of imide groups is 1. The number of hydrogen-bond donors (Lipinski definition) is 1. The van der Waals surface area contributed by atoms with Gasteiger partial charge in [0, 0.05) is 11.8 Å². The Hall–Kier alpha value is 0.736. The Labute approximate surface area is 113 Å². The smallest absolute Gasteiger partial charge is 0.661 e. The summed E-state index contributed by atoms with van der Waals surface area (Å²) in [6.45, 7) is 1.26. The molecule has 2 saturated heterocycles. The molecule has 12 heavy (non-hydrogen) atoms. The van der Waals surface area contributed by atoms with Crippen LogP contribution in [0.2, 0.25) is 0 Å². The van der Waals surface area contributed by atoms with Gasteiger partial charge in [-0.05, 0) is 0 Å². The Balaban J connectivity index is 0.000000720. The number of amides is 2. The zero-order chi connectivity index (χ0) is 7.90. The third-order valence-electron chi connectivity index (χ3n) is 2.40. The summed E-state index contributed by atoms with van der Waals surface area (Å²) in [6, 6.07) is 0. The van der Waals surface area contributed by atoms with Gasteiger partial charge < -0.3 is 5.32 Å². The van der Waals surface area contributed by atoms with Gasteiger partial charge in [-0.2, -0.15) is 0 Å². The van der Waals surface area contributed by atoms with Crippen LogP contribution in [0.4, 0.5) is 0 Å². The number of rotatable bonds is 0. The van der Waals surface area contributed by atoms with E-state index < -0.39 is 5.41 Å². The van der Waals surface area contributed by atoms with Gasteiger partial charge in [-0.3, -0.25) is 14.9 Å². The maximum absolute atomic E-state index is 11.2. The molecular formula is C7H9KN2O2. The average Bonchev–Trinajstić information content (AvgIpc) is 2.45. The van der Waals surface area contributed by atoms with Gasteiger partial charge in [0.15, 0.2) is 0 Å². The number of carbonyl (C=O) groups excluding carboxylic acids is 2. The minimum absolute atomic E-state index is 0. The molecule has 2 aliphatic heterocycles. The molecule has 0 radical (unpaired) electrons. The van der Waals surface area contributed by atoms with Crippen molar-refractivity contribution in [3.63, 3.8) is 0 Å². The molecule has 0 aromatic carbocycles. The molecule has 4 nitrogen and oxygen atoms in total. The quantitative estimate of drug-likeness (QED) is 0.324. The Morgan fingerprint density at radius 2 is 2.17 bits per heavy atom. The van der Waals surface area contributed by atoms with Crippen LogP contribution in [0.25, 0.3) is 5.32 Å². The summed E-state index contributed by atoms with van der Waals surface area (Å²) in [4.78, 5) is 22.1. The van der Waals surface area contributed by atoms with Crippen LogP contribution in [-0.4, -0.2) is 24.9 Å². The summed E-state index contributed by atoms with van der Waals surface area (Å²) in [5.74, 6) is -0.268. The summed E-state index contributed by atoms with van der Waals surface area (Å²) in [5.41, 5.74) is -0.447. The zero-order valence-electron chi connectivity index (χ0n) is 7.09. The maximum atomic E-state index is 11.2. The van der Waals surface area contributed by atoms with E-state index in [1.54, 1.807) is 0 Å². The topological polar surface area (TPSA) is 60.3 Å². The first kappa shape index (κ1) is 10.8.